The first kappa shape index (κ1) is 13.1. The number of nitrogens with zero attached hydrogens (tertiary/aromatic N) is 1. The van der Waals surface area contributed by atoms with Gasteiger partial charge in [-0.1, -0.05) is 12.2 Å². The normalized spacial score (nSPS) is 10.3. The number of nitrogens with one attached hydrogen (secondary N) is 1. The molecule has 0 aliphatic rings. The average Bonchev–Trinajstić information content (AvgIpc) is 2.01. The standard InChI is InChI=1S/C10H20N2O2/c1-9(2)8-14-6-5-11-10(13)7-12(3)4/h1,5-8H2,2-4H3,(H,11,13). The van der Waals surface area contributed by atoms with Crippen molar-refractivity contribution in [2.75, 3.05) is 40.4 Å². The van der Waals surface area contributed by atoms with Gasteiger partial charge in [-0.05, 0) is 21.0 Å². The number of rotatable bonds is 7. The zero-order valence-corrected chi connectivity index (χ0v) is 9.30. The molecule has 0 bridgehead atoms. The molecule has 0 aliphatic heterocycles. The molecule has 0 saturated carbocycles. The second-order valence-corrected chi connectivity index (χ2v) is 3.60. The number of hydrogen-bond acceptors (Lipinski definition) is 3. The molecule has 0 radical (unpaired) electrons. The predicted octanol–water partition coefficient (Wildman–Crippen LogP) is 0.257. The van der Waals surface area contributed by atoms with Crippen LogP contribution in [0.5, 0.6) is 0 Å². The van der Waals surface area contributed by atoms with E-state index >= 15 is 0 Å². The van der Waals surface area contributed by atoms with Crippen LogP contribution >= 0.6 is 0 Å². The molecule has 0 aromatic rings. The van der Waals surface area contributed by atoms with Gasteiger partial charge in [0.25, 0.3) is 0 Å². The number of carbonyl (C=O) groups excluding carboxylic acids is 1. The number of carbonyl (C=O) groups is 1. The number of amides is 1. The zero-order valence-electron chi connectivity index (χ0n) is 9.30. The maximum absolute atomic E-state index is 11.1. The molecule has 0 rings (SSSR count). The fourth-order valence-corrected chi connectivity index (χ4v) is 0.852. The minimum Gasteiger partial charge on any atom is -0.375 e. The van der Waals surface area contributed by atoms with Gasteiger partial charge in [-0.3, -0.25) is 4.79 Å². The molecule has 0 spiro atoms. The van der Waals surface area contributed by atoms with Gasteiger partial charge in [0, 0.05) is 6.54 Å². The molecular weight excluding hydrogens is 180 g/mol. The van der Waals surface area contributed by atoms with Crippen LogP contribution in [0.1, 0.15) is 6.92 Å². The second kappa shape index (κ2) is 7.53. The summed E-state index contributed by atoms with van der Waals surface area (Å²) < 4.78 is 5.22. The van der Waals surface area contributed by atoms with E-state index in [1.54, 1.807) is 0 Å². The van der Waals surface area contributed by atoms with Crippen LogP contribution in [0.15, 0.2) is 12.2 Å². The van der Waals surface area contributed by atoms with Gasteiger partial charge in [0.05, 0.1) is 19.8 Å². The molecule has 1 N–H and O–H groups in total. The van der Waals surface area contributed by atoms with Crippen molar-refractivity contribution in [3.8, 4) is 0 Å². The van der Waals surface area contributed by atoms with Crippen molar-refractivity contribution in [3.63, 3.8) is 0 Å². The van der Waals surface area contributed by atoms with Gasteiger partial charge < -0.3 is 15.0 Å². The lowest BCUT2D eigenvalue weighted by Crippen LogP contribution is -2.35. The molecule has 4 heteroatoms. The maximum Gasteiger partial charge on any atom is 0.234 e. The molecule has 0 fully saturated rings. The van der Waals surface area contributed by atoms with Crippen LogP contribution < -0.4 is 5.32 Å². The first-order valence-corrected chi connectivity index (χ1v) is 4.66. The monoisotopic (exact) mass is 200 g/mol. The maximum atomic E-state index is 11.1. The molecule has 0 heterocycles. The van der Waals surface area contributed by atoms with Crippen LogP contribution in [0.2, 0.25) is 0 Å². The lowest BCUT2D eigenvalue weighted by molar-refractivity contribution is -0.121. The minimum absolute atomic E-state index is 0.0222. The Labute approximate surface area is 85.9 Å². The third-order valence-electron chi connectivity index (χ3n) is 1.38. The highest BCUT2D eigenvalue weighted by atomic mass is 16.5. The Bertz CT molecular complexity index is 191. The SMILES string of the molecule is C=C(C)COCCNC(=O)CN(C)C. The van der Waals surface area contributed by atoms with E-state index in [-0.39, 0.29) is 5.91 Å². The third-order valence-corrected chi connectivity index (χ3v) is 1.38. The van der Waals surface area contributed by atoms with E-state index in [1.165, 1.54) is 0 Å². The first-order chi connectivity index (χ1) is 6.52. The Balaban J connectivity index is 3.27. The van der Waals surface area contributed by atoms with E-state index in [9.17, 15) is 4.79 Å². The molecule has 0 aromatic heterocycles. The lowest BCUT2D eigenvalue weighted by Gasteiger charge is -2.10. The third kappa shape index (κ3) is 9.22. The van der Waals surface area contributed by atoms with Crippen molar-refractivity contribution in [3.05, 3.63) is 12.2 Å². The van der Waals surface area contributed by atoms with Gasteiger partial charge in [0.1, 0.15) is 0 Å². The lowest BCUT2D eigenvalue weighted by atomic mass is 10.4. The van der Waals surface area contributed by atoms with Crippen LogP contribution in [0, 0.1) is 0 Å². The highest BCUT2D eigenvalue weighted by Gasteiger charge is 2.00. The van der Waals surface area contributed by atoms with E-state index in [1.807, 2.05) is 25.9 Å². The van der Waals surface area contributed by atoms with E-state index in [0.29, 0.717) is 26.3 Å². The molecule has 0 unspecified atom stereocenters. The second-order valence-electron chi connectivity index (χ2n) is 3.60. The van der Waals surface area contributed by atoms with Crippen molar-refractivity contribution in [2.24, 2.45) is 0 Å². The summed E-state index contributed by atoms with van der Waals surface area (Å²) in [5, 5.41) is 2.75. The smallest absolute Gasteiger partial charge is 0.234 e. The van der Waals surface area contributed by atoms with Gasteiger partial charge in [0.2, 0.25) is 5.91 Å². The van der Waals surface area contributed by atoms with Crippen LogP contribution in [0.25, 0.3) is 0 Å². The zero-order chi connectivity index (χ0) is 11.0. The molecule has 4 nitrogen and oxygen atoms in total. The summed E-state index contributed by atoms with van der Waals surface area (Å²) in [5.74, 6) is 0.0222. The Hall–Kier alpha value is -0.870. The Morgan fingerprint density at radius 3 is 2.64 bits per heavy atom. The van der Waals surface area contributed by atoms with Crippen LogP contribution in [0.3, 0.4) is 0 Å². The van der Waals surface area contributed by atoms with Crippen molar-refractivity contribution < 1.29 is 9.53 Å². The Morgan fingerprint density at radius 1 is 1.50 bits per heavy atom. The Morgan fingerprint density at radius 2 is 2.14 bits per heavy atom. The molecule has 0 aromatic carbocycles. The fourth-order valence-electron chi connectivity index (χ4n) is 0.852. The number of hydrogen-bond donors (Lipinski definition) is 1. The van der Waals surface area contributed by atoms with Gasteiger partial charge in [0.15, 0.2) is 0 Å². The van der Waals surface area contributed by atoms with E-state index in [0.717, 1.165) is 5.57 Å². The molecule has 0 atom stereocenters. The summed E-state index contributed by atoms with van der Waals surface area (Å²) in [6.07, 6.45) is 0. The minimum atomic E-state index is 0.0222. The highest BCUT2D eigenvalue weighted by molar-refractivity contribution is 5.77. The molecule has 14 heavy (non-hydrogen) atoms. The number of ether oxygens (including phenoxy) is 1. The first-order valence-electron chi connectivity index (χ1n) is 4.66. The van der Waals surface area contributed by atoms with Crippen molar-refractivity contribution in [1.29, 1.82) is 0 Å². The van der Waals surface area contributed by atoms with Crippen LogP contribution in [-0.4, -0.2) is 51.2 Å². The average molecular weight is 200 g/mol. The quantitative estimate of drug-likeness (QED) is 0.473. The van der Waals surface area contributed by atoms with Gasteiger partial charge in [-0.2, -0.15) is 0 Å². The van der Waals surface area contributed by atoms with E-state index < -0.39 is 0 Å². The summed E-state index contributed by atoms with van der Waals surface area (Å²) in [7, 11) is 3.72. The molecule has 0 saturated heterocycles. The molecule has 1 amide bonds. The van der Waals surface area contributed by atoms with Crippen molar-refractivity contribution in [2.45, 2.75) is 6.92 Å². The summed E-state index contributed by atoms with van der Waals surface area (Å²) in [6, 6.07) is 0. The van der Waals surface area contributed by atoms with Crippen LogP contribution in [-0.2, 0) is 9.53 Å². The van der Waals surface area contributed by atoms with E-state index in [4.69, 9.17) is 4.74 Å². The Kier molecular flexibility index (Phi) is 7.06. The van der Waals surface area contributed by atoms with Gasteiger partial charge in [-0.15, -0.1) is 0 Å². The summed E-state index contributed by atoms with van der Waals surface area (Å²) >= 11 is 0. The van der Waals surface area contributed by atoms with E-state index in [2.05, 4.69) is 11.9 Å². The van der Waals surface area contributed by atoms with Crippen molar-refractivity contribution >= 4 is 5.91 Å². The predicted molar refractivity (Wildman–Crippen MR) is 57.2 cm³/mol. The molecule has 0 aliphatic carbocycles. The largest absolute Gasteiger partial charge is 0.375 e. The number of likely N-dealkylation sites (N-methyl/N-ethyl adjacent to an activating group) is 1. The summed E-state index contributed by atoms with van der Waals surface area (Å²) in [6.45, 7) is 7.68. The highest BCUT2D eigenvalue weighted by Crippen LogP contribution is 1.86. The molecule has 82 valence electrons. The summed E-state index contributed by atoms with van der Waals surface area (Å²) in [5.41, 5.74) is 0.990. The fraction of sp³-hybridized carbons (Fsp3) is 0.700. The summed E-state index contributed by atoms with van der Waals surface area (Å²) in [4.78, 5) is 12.9. The molecular formula is C10H20N2O2. The van der Waals surface area contributed by atoms with Gasteiger partial charge >= 0.3 is 0 Å². The van der Waals surface area contributed by atoms with Crippen LogP contribution in [0.4, 0.5) is 0 Å². The van der Waals surface area contributed by atoms with Gasteiger partial charge in [-0.25, -0.2) is 0 Å². The topological polar surface area (TPSA) is 41.6 Å². The van der Waals surface area contributed by atoms with Crippen molar-refractivity contribution in [1.82, 2.24) is 10.2 Å².